The number of benzene rings is 2. The van der Waals surface area contributed by atoms with E-state index in [9.17, 15) is 13.2 Å². The van der Waals surface area contributed by atoms with Gasteiger partial charge in [-0.15, -0.1) is 0 Å². The molecule has 1 atom stereocenters. The molecule has 2 aliphatic rings. The second-order valence-corrected chi connectivity index (χ2v) is 10.1. The minimum atomic E-state index is -3.58. The smallest absolute Gasteiger partial charge is 0.258 e. The summed E-state index contributed by atoms with van der Waals surface area (Å²) in [4.78, 5) is 15.6. The summed E-state index contributed by atoms with van der Waals surface area (Å²) in [6.07, 6.45) is 4.69. The summed E-state index contributed by atoms with van der Waals surface area (Å²) in [7, 11) is -3.58. The van der Waals surface area contributed by atoms with Crippen LogP contribution in [0.3, 0.4) is 0 Å². The minimum absolute atomic E-state index is 0.0687. The first-order valence-electron chi connectivity index (χ1n) is 10.4. The van der Waals surface area contributed by atoms with Gasteiger partial charge in [-0.05, 0) is 68.9 Å². The van der Waals surface area contributed by atoms with Gasteiger partial charge in [0.1, 0.15) is 0 Å². The summed E-state index contributed by atoms with van der Waals surface area (Å²) in [5.74, 6) is -0.127. The van der Waals surface area contributed by atoms with Crippen molar-refractivity contribution in [3.05, 3.63) is 59.2 Å². The summed E-state index contributed by atoms with van der Waals surface area (Å²) in [6.45, 7) is 5.02. The Hall–Kier alpha value is -2.18. The summed E-state index contributed by atoms with van der Waals surface area (Å²) in [5, 5.41) is 0. The van der Waals surface area contributed by atoms with Crippen LogP contribution in [-0.2, 0) is 16.4 Å². The molecule has 4 rings (SSSR count). The number of fused-ring (bicyclic) bond motifs is 1. The standard InChI is InChI=1S/C23H28N2O3S/c1-17-10-13-20(29(27,28)24-14-6-3-7-15-24)16-21(17)23(26)25-18(2)11-12-19-8-4-5-9-22(19)25/h4-5,8-10,13,16,18H,3,6-7,11-12,14-15H2,1-2H3. The molecule has 1 unspecified atom stereocenters. The van der Waals surface area contributed by atoms with Crippen molar-refractivity contribution in [2.45, 2.75) is 56.9 Å². The van der Waals surface area contributed by atoms with Gasteiger partial charge in [0, 0.05) is 30.4 Å². The third-order valence-corrected chi connectivity index (χ3v) is 8.03. The molecule has 5 nitrogen and oxygen atoms in total. The molecule has 6 heteroatoms. The van der Waals surface area contributed by atoms with Crippen LogP contribution < -0.4 is 4.90 Å². The lowest BCUT2D eigenvalue weighted by molar-refractivity contribution is 0.0974. The summed E-state index contributed by atoms with van der Waals surface area (Å²) < 4.78 is 27.8. The number of hydrogen-bond donors (Lipinski definition) is 0. The summed E-state index contributed by atoms with van der Waals surface area (Å²) in [6, 6.07) is 13.0. The Bertz CT molecular complexity index is 1030. The van der Waals surface area contributed by atoms with E-state index in [0.717, 1.165) is 48.9 Å². The number of aryl methyl sites for hydroxylation is 2. The Morgan fingerprint density at radius 1 is 1.03 bits per heavy atom. The van der Waals surface area contributed by atoms with E-state index in [2.05, 4.69) is 13.0 Å². The third-order valence-electron chi connectivity index (χ3n) is 6.13. The lowest BCUT2D eigenvalue weighted by Gasteiger charge is -2.35. The van der Waals surface area contributed by atoms with Gasteiger partial charge in [0.25, 0.3) is 5.91 Å². The number of para-hydroxylation sites is 1. The van der Waals surface area contributed by atoms with Gasteiger partial charge in [-0.2, -0.15) is 4.31 Å². The Kier molecular flexibility index (Phi) is 5.49. The Morgan fingerprint density at radius 3 is 2.52 bits per heavy atom. The maximum atomic E-state index is 13.6. The highest BCUT2D eigenvalue weighted by Gasteiger charge is 2.31. The van der Waals surface area contributed by atoms with Crippen molar-refractivity contribution < 1.29 is 13.2 Å². The van der Waals surface area contributed by atoms with Crippen LogP contribution in [0.2, 0.25) is 0 Å². The number of carbonyl (C=O) groups excluding carboxylic acids is 1. The molecule has 2 aromatic rings. The molecule has 29 heavy (non-hydrogen) atoms. The van der Waals surface area contributed by atoms with E-state index in [4.69, 9.17) is 0 Å². The van der Waals surface area contributed by atoms with Crippen LogP contribution >= 0.6 is 0 Å². The van der Waals surface area contributed by atoms with Crippen molar-refractivity contribution in [3.63, 3.8) is 0 Å². The molecule has 2 aliphatic heterocycles. The molecule has 1 fully saturated rings. The highest BCUT2D eigenvalue weighted by molar-refractivity contribution is 7.89. The summed E-state index contributed by atoms with van der Waals surface area (Å²) in [5.41, 5.74) is 3.35. The van der Waals surface area contributed by atoms with Crippen LogP contribution in [0, 0.1) is 6.92 Å². The zero-order chi connectivity index (χ0) is 20.6. The molecule has 0 aromatic heterocycles. The number of hydrogen-bond acceptors (Lipinski definition) is 3. The molecule has 1 amide bonds. The van der Waals surface area contributed by atoms with E-state index in [1.54, 1.807) is 22.5 Å². The first-order chi connectivity index (χ1) is 13.9. The van der Waals surface area contributed by atoms with Crippen LogP contribution in [0.1, 0.15) is 54.1 Å². The minimum Gasteiger partial charge on any atom is -0.305 e. The van der Waals surface area contributed by atoms with E-state index in [-0.39, 0.29) is 16.8 Å². The molecule has 1 saturated heterocycles. The second kappa shape index (κ2) is 7.92. The van der Waals surface area contributed by atoms with Gasteiger partial charge in [-0.3, -0.25) is 4.79 Å². The topological polar surface area (TPSA) is 57.7 Å². The number of nitrogens with zero attached hydrogens (tertiary/aromatic N) is 2. The van der Waals surface area contributed by atoms with Crippen LogP contribution in [-0.4, -0.2) is 37.8 Å². The molecule has 2 heterocycles. The van der Waals surface area contributed by atoms with Gasteiger partial charge >= 0.3 is 0 Å². The lowest BCUT2D eigenvalue weighted by Crippen LogP contribution is -2.42. The number of anilines is 1. The van der Waals surface area contributed by atoms with Crippen molar-refractivity contribution in [3.8, 4) is 0 Å². The van der Waals surface area contributed by atoms with Crippen LogP contribution in [0.4, 0.5) is 5.69 Å². The van der Waals surface area contributed by atoms with Crippen molar-refractivity contribution >= 4 is 21.6 Å². The maximum Gasteiger partial charge on any atom is 0.258 e. The monoisotopic (exact) mass is 412 g/mol. The van der Waals surface area contributed by atoms with Gasteiger partial charge in [0.15, 0.2) is 0 Å². The maximum absolute atomic E-state index is 13.6. The first kappa shape index (κ1) is 20.1. The number of sulfonamides is 1. The largest absolute Gasteiger partial charge is 0.305 e. The van der Waals surface area contributed by atoms with Gasteiger partial charge in [0.2, 0.25) is 10.0 Å². The SMILES string of the molecule is Cc1ccc(S(=O)(=O)N2CCCCC2)cc1C(=O)N1c2ccccc2CCC1C. The molecule has 154 valence electrons. The molecule has 0 radical (unpaired) electrons. The fraction of sp³-hybridized carbons (Fsp3) is 0.435. The zero-order valence-electron chi connectivity index (χ0n) is 17.1. The average Bonchev–Trinajstić information content (AvgIpc) is 2.74. The molecule has 0 N–H and O–H groups in total. The summed E-state index contributed by atoms with van der Waals surface area (Å²) >= 11 is 0. The molecule has 0 saturated carbocycles. The Balaban J connectivity index is 1.72. The van der Waals surface area contributed by atoms with Crippen LogP contribution in [0.15, 0.2) is 47.4 Å². The molecular weight excluding hydrogens is 384 g/mol. The molecular formula is C23H28N2O3S. The van der Waals surface area contributed by atoms with Crippen molar-refractivity contribution in [1.29, 1.82) is 0 Å². The van der Waals surface area contributed by atoms with Crippen molar-refractivity contribution in [1.82, 2.24) is 4.31 Å². The van der Waals surface area contributed by atoms with E-state index in [1.165, 1.54) is 0 Å². The molecule has 0 spiro atoms. The number of piperidine rings is 1. The fourth-order valence-electron chi connectivity index (χ4n) is 4.37. The normalized spacial score (nSPS) is 20.3. The third kappa shape index (κ3) is 3.71. The Labute approximate surface area is 173 Å². The van der Waals surface area contributed by atoms with Gasteiger partial charge < -0.3 is 4.90 Å². The zero-order valence-corrected chi connectivity index (χ0v) is 17.9. The van der Waals surface area contributed by atoms with E-state index < -0.39 is 10.0 Å². The van der Waals surface area contributed by atoms with Crippen molar-refractivity contribution in [2.75, 3.05) is 18.0 Å². The molecule has 0 aliphatic carbocycles. The first-order valence-corrected chi connectivity index (χ1v) is 11.9. The molecule has 0 bridgehead atoms. The average molecular weight is 413 g/mol. The van der Waals surface area contributed by atoms with Gasteiger partial charge in [0.05, 0.1) is 4.90 Å². The van der Waals surface area contributed by atoms with E-state index >= 15 is 0 Å². The van der Waals surface area contributed by atoms with Gasteiger partial charge in [-0.1, -0.05) is 30.7 Å². The van der Waals surface area contributed by atoms with E-state index in [1.807, 2.05) is 30.0 Å². The van der Waals surface area contributed by atoms with E-state index in [0.29, 0.717) is 18.7 Å². The van der Waals surface area contributed by atoms with Crippen LogP contribution in [0.5, 0.6) is 0 Å². The predicted molar refractivity (Wildman–Crippen MR) is 115 cm³/mol. The van der Waals surface area contributed by atoms with Crippen molar-refractivity contribution in [2.24, 2.45) is 0 Å². The van der Waals surface area contributed by atoms with Gasteiger partial charge in [-0.25, -0.2) is 8.42 Å². The second-order valence-electron chi connectivity index (χ2n) is 8.13. The fourth-order valence-corrected chi connectivity index (χ4v) is 5.92. The van der Waals surface area contributed by atoms with Crippen LogP contribution in [0.25, 0.3) is 0 Å². The number of carbonyl (C=O) groups is 1. The predicted octanol–water partition coefficient (Wildman–Crippen LogP) is 4.15. The highest BCUT2D eigenvalue weighted by atomic mass is 32.2. The Morgan fingerprint density at radius 2 is 1.76 bits per heavy atom. The quantitative estimate of drug-likeness (QED) is 0.761. The number of rotatable bonds is 3. The lowest BCUT2D eigenvalue weighted by atomic mass is 9.95. The molecule has 2 aromatic carbocycles. The number of amides is 1. The highest BCUT2D eigenvalue weighted by Crippen LogP contribution is 2.33.